The van der Waals surface area contributed by atoms with Gasteiger partial charge in [0.25, 0.3) is 0 Å². The fourth-order valence-corrected chi connectivity index (χ4v) is 2.35. The number of aromatic nitrogens is 1. The standard InChI is InChI=1S/C18H25N3/c1-4-11-20-15(2)17-5-7-18(8-6-17)21(3)14-16-9-12-19-13-10-16/h5-10,12-13,15,20H,4,11,14H2,1-3H3. The number of hydrogen-bond acceptors (Lipinski definition) is 3. The smallest absolute Gasteiger partial charge is 0.0427 e. The zero-order valence-corrected chi connectivity index (χ0v) is 13.2. The van der Waals surface area contributed by atoms with E-state index >= 15 is 0 Å². The molecule has 0 bridgehead atoms. The lowest BCUT2D eigenvalue weighted by Gasteiger charge is -2.21. The number of anilines is 1. The summed E-state index contributed by atoms with van der Waals surface area (Å²) in [6.45, 7) is 6.36. The molecular weight excluding hydrogens is 258 g/mol. The Morgan fingerprint density at radius 2 is 1.76 bits per heavy atom. The molecule has 0 saturated heterocycles. The van der Waals surface area contributed by atoms with Gasteiger partial charge in [-0.05, 0) is 55.3 Å². The van der Waals surface area contributed by atoms with Crippen LogP contribution in [-0.4, -0.2) is 18.6 Å². The number of nitrogens with one attached hydrogen (secondary N) is 1. The lowest BCUT2D eigenvalue weighted by Crippen LogP contribution is -2.20. The maximum absolute atomic E-state index is 4.06. The average Bonchev–Trinajstić information content (AvgIpc) is 2.53. The Kier molecular flexibility index (Phi) is 5.76. The molecule has 0 aliphatic carbocycles. The normalized spacial score (nSPS) is 12.1. The Hall–Kier alpha value is -1.87. The SMILES string of the molecule is CCCNC(C)c1ccc(N(C)Cc2ccncc2)cc1. The molecule has 0 radical (unpaired) electrons. The van der Waals surface area contributed by atoms with Crippen LogP contribution in [0, 0.1) is 0 Å². The third-order valence-corrected chi connectivity index (χ3v) is 3.70. The summed E-state index contributed by atoms with van der Waals surface area (Å²) in [6, 6.07) is 13.3. The Morgan fingerprint density at radius 1 is 1.10 bits per heavy atom. The van der Waals surface area contributed by atoms with Crippen LogP contribution in [0.15, 0.2) is 48.8 Å². The molecule has 0 amide bonds. The number of hydrogen-bond donors (Lipinski definition) is 1. The van der Waals surface area contributed by atoms with Gasteiger partial charge in [-0.15, -0.1) is 0 Å². The van der Waals surface area contributed by atoms with Crippen LogP contribution in [0.1, 0.15) is 37.4 Å². The molecule has 0 saturated carbocycles. The second-order valence-electron chi connectivity index (χ2n) is 5.48. The largest absolute Gasteiger partial charge is 0.370 e. The Labute approximate surface area is 128 Å². The number of benzene rings is 1. The second kappa shape index (κ2) is 7.79. The van der Waals surface area contributed by atoms with Crippen molar-refractivity contribution in [3.63, 3.8) is 0 Å². The van der Waals surface area contributed by atoms with E-state index in [0.29, 0.717) is 6.04 Å². The van der Waals surface area contributed by atoms with Crippen LogP contribution in [-0.2, 0) is 6.54 Å². The third kappa shape index (κ3) is 4.57. The van der Waals surface area contributed by atoms with E-state index in [1.807, 2.05) is 12.4 Å². The summed E-state index contributed by atoms with van der Waals surface area (Å²) < 4.78 is 0. The zero-order valence-electron chi connectivity index (χ0n) is 13.2. The van der Waals surface area contributed by atoms with Crippen molar-refractivity contribution in [2.24, 2.45) is 0 Å². The Balaban J connectivity index is 1.98. The van der Waals surface area contributed by atoms with Crippen molar-refractivity contribution in [2.45, 2.75) is 32.9 Å². The van der Waals surface area contributed by atoms with Crippen LogP contribution in [0.25, 0.3) is 0 Å². The first-order chi connectivity index (χ1) is 10.2. The Morgan fingerprint density at radius 3 is 2.38 bits per heavy atom. The van der Waals surface area contributed by atoms with Crippen LogP contribution < -0.4 is 10.2 Å². The van der Waals surface area contributed by atoms with Crippen molar-refractivity contribution in [3.05, 3.63) is 59.9 Å². The lowest BCUT2D eigenvalue weighted by molar-refractivity contribution is 0.571. The molecule has 112 valence electrons. The van der Waals surface area contributed by atoms with E-state index in [1.165, 1.54) is 16.8 Å². The van der Waals surface area contributed by atoms with Crippen LogP contribution in [0.4, 0.5) is 5.69 Å². The van der Waals surface area contributed by atoms with Crippen molar-refractivity contribution in [3.8, 4) is 0 Å². The highest BCUT2D eigenvalue weighted by atomic mass is 15.1. The van der Waals surface area contributed by atoms with Crippen LogP contribution in [0.3, 0.4) is 0 Å². The van der Waals surface area contributed by atoms with Gasteiger partial charge in [-0.25, -0.2) is 0 Å². The van der Waals surface area contributed by atoms with E-state index in [9.17, 15) is 0 Å². The fourth-order valence-electron chi connectivity index (χ4n) is 2.35. The summed E-state index contributed by atoms with van der Waals surface area (Å²) in [5, 5.41) is 3.52. The highest BCUT2D eigenvalue weighted by molar-refractivity contribution is 5.47. The maximum atomic E-state index is 4.06. The lowest BCUT2D eigenvalue weighted by atomic mass is 10.1. The molecule has 3 heteroatoms. The first kappa shape index (κ1) is 15.5. The highest BCUT2D eigenvalue weighted by Crippen LogP contribution is 2.19. The summed E-state index contributed by atoms with van der Waals surface area (Å²) in [6.07, 6.45) is 4.85. The Bertz CT molecular complexity index is 522. The highest BCUT2D eigenvalue weighted by Gasteiger charge is 2.06. The molecule has 1 aromatic carbocycles. The molecule has 3 nitrogen and oxygen atoms in total. The minimum absolute atomic E-state index is 0.407. The summed E-state index contributed by atoms with van der Waals surface area (Å²) >= 11 is 0. The van der Waals surface area contributed by atoms with Gasteiger partial charge in [-0.3, -0.25) is 4.98 Å². The van der Waals surface area contributed by atoms with E-state index in [0.717, 1.165) is 19.5 Å². The molecule has 0 aliphatic heterocycles. The predicted octanol–water partition coefficient (Wildman–Crippen LogP) is 3.78. The summed E-state index contributed by atoms with van der Waals surface area (Å²) in [5.74, 6) is 0. The monoisotopic (exact) mass is 283 g/mol. The molecule has 1 unspecified atom stereocenters. The van der Waals surface area contributed by atoms with E-state index in [4.69, 9.17) is 0 Å². The second-order valence-corrected chi connectivity index (χ2v) is 5.48. The summed E-state index contributed by atoms with van der Waals surface area (Å²) in [5.41, 5.74) is 3.84. The summed E-state index contributed by atoms with van der Waals surface area (Å²) in [4.78, 5) is 6.31. The molecule has 21 heavy (non-hydrogen) atoms. The molecule has 2 rings (SSSR count). The maximum Gasteiger partial charge on any atom is 0.0427 e. The van der Waals surface area contributed by atoms with E-state index < -0.39 is 0 Å². The van der Waals surface area contributed by atoms with E-state index in [1.54, 1.807) is 0 Å². The van der Waals surface area contributed by atoms with E-state index in [2.05, 4.69) is 72.5 Å². The molecule has 1 N–H and O–H groups in total. The third-order valence-electron chi connectivity index (χ3n) is 3.70. The van der Waals surface area contributed by atoms with Gasteiger partial charge >= 0.3 is 0 Å². The fraction of sp³-hybridized carbons (Fsp3) is 0.389. The molecule has 1 heterocycles. The first-order valence-electron chi connectivity index (χ1n) is 7.64. The van der Waals surface area contributed by atoms with Crippen molar-refractivity contribution in [1.82, 2.24) is 10.3 Å². The number of rotatable bonds is 7. The topological polar surface area (TPSA) is 28.2 Å². The van der Waals surface area contributed by atoms with Crippen LogP contribution in [0.2, 0.25) is 0 Å². The van der Waals surface area contributed by atoms with Crippen LogP contribution >= 0.6 is 0 Å². The van der Waals surface area contributed by atoms with Gasteiger partial charge in [-0.1, -0.05) is 19.1 Å². The minimum atomic E-state index is 0.407. The van der Waals surface area contributed by atoms with Crippen molar-refractivity contribution in [2.75, 3.05) is 18.5 Å². The quantitative estimate of drug-likeness (QED) is 0.838. The average molecular weight is 283 g/mol. The van der Waals surface area contributed by atoms with Crippen molar-refractivity contribution in [1.29, 1.82) is 0 Å². The molecule has 1 atom stereocenters. The van der Waals surface area contributed by atoms with E-state index in [-0.39, 0.29) is 0 Å². The van der Waals surface area contributed by atoms with Gasteiger partial charge in [0.2, 0.25) is 0 Å². The molecule has 1 aromatic heterocycles. The zero-order chi connectivity index (χ0) is 15.1. The molecule has 0 aliphatic rings. The molecule has 2 aromatic rings. The minimum Gasteiger partial charge on any atom is -0.370 e. The van der Waals surface area contributed by atoms with Gasteiger partial charge < -0.3 is 10.2 Å². The number of pyridine rings is 1. The summed E-state index contributed by atoms with van der Waals surface area (Å²) in [7, 11) is 2.12. The number of nitrogens with zero attached hydrogens (tertiary/aromatic N) is 2. The predicted molar refractivity (Wildman–Crippen MR) is 89.5 cm³/mol. The molecular formula is C18H25N3. The van der Waals surface area contributed by atoms with Crippen molar-refractivity contribution < 1.29 is 0 Å². The van der Waals surface area contributed by atoms with Gasteiger partial charge in [0, 0.05) is 37.7 Å². The van der Waals surface area contributed by atoms with Gasteiger partial charge in [0.1, 0.15) is 0 Å². The van der Waals surface area contributed by atoms with Crippen molar-refractivity contribution >= 4 is 5.69 Å². The van der Waals surface area contributed by atoms with Gasteiger partial charge in [0.15, 0.2) is 0 Å². The molecule has 0 spiro atoms. The first-order valence-corrected chi connectivity index (χ1v) is 7.64. The van der Waals surface area contributed by atoms with Gasteiger partial charge in [0.05, 0.1) is 0 Å². The van der Waals surface area contributed by atoms with Gasteiger partial charge in [-0.2, -0.15) is 0 Å². The molecule has 0 fully saturated rings. The van der Waals surface area contributed by atoms with Crippen LogP contribution in [0.5, 0.6) is 0 Å².